The first-order chi connectivity index (χ1) is 15.0. The fraction of sp³-hybridized carbons (Fsp3) is 0.192. The molecule has 31 heavy (non-hydrogen) atoms. The Balaban J connectivity index is 1.51. The fourth-order valence-electron chi connectivity index (χ4n) is 3.89. The minimum atomic E-state index is 0.0821. The van der Waals surface area contributed by atoms with E-state index in [1.165, 1.54) is 0 Å². The van der Waals surface area contributed by atoms with Gasteiger partial charge in [-0.1, -0.05) is 48.9 Å². The number of carbonyl (C=O) groups is 1. The molecule has 154 valence electrons. The summed E-state index contributed by atoms with van der Waals surface area (Å²) in [5.74, 6) is 0.0821. The summed E-state index contributed by atoms with van der Waals surface area (Å²) < 4.78 is 1.84. The molecule has 4 nitrogen and oxygen atoms in total. The number of aromatic nitrogens is 2. The predicted molar refractivity (Wildman–Crippen MR) is 124 cm³/mol. The van der Waals surface area contributed by atoms with Gasteiger partial charge in [-0.2, -0.15) is 5.26 Å². The lowest BCUT2D eigenvalue weighted by Crippen LogP contribution is -2.08. The van der Waals surface area contributed by atoms with Crippen molar-refractivity contribution in [3.8, 4) is 17.2 Å². The van der Waals surface area contributed by atoms with Gasteiger partial charge in [0.05, 0.1) is 17.3 Å². The van der Waals surface area contributed by atoms with E-state index in [1.807, 2.05) is 42.6 Å². The molecule has 0 saturated carbocycles. The van der Waals surface area contributed by atoms with E-state index in [2.05, 4.69) is 35.3 Å². The average Bonchev–Trinajstić information content (AvgIpc) is 3.15. The van der Waals surface area contributed by atoms with Crippen molar-refractivity contribution in [1.82, 2.24) is 9.38 Å². The highest BCUT2D eigenvalue weighted by atomic mass is 35.5. The number of halogens is 1. The summed E-state index contributed by atoms with van der Waals surface area (Å²) >= 11 is 6.07. The number of benzene rings is 2. The van der Waals surface area contributed by atoms with Crippen molar-refractivity contribution < 1.29 is 4.79 Å². The number of fused-ring (bicyclic) bond motifs is 1. The summed E-state index contributed by atoms with van der Waals surface area (Å²) in [4.78, 5) is 17.6. The van der Waals surface area contributed by atoms with Crippen LogP contribution in [0.3, 0.4) is 0 Å². The van der Waals surface area contributed by atoms with Crippen molar-refractivity contribution in [2.24, 2.45) is 0 Å². The molecule has 4 rings (SSSR count). The lowest BCUT2D eigenvalue weighted by molar-refractivity contribution is 0.0976. The summed E-state index contributed by atoms with van der Waals surface area (Å²) in [5, 5.41) is 9.66. The van der Waals surface area contributed by atoms with Gasteiger partial charge in [-0.15, -0.1) is 0 Å². The van der Waals surface area contributed by atoms with E-state index in [0.29, 0.717) is 41.2 Å². The van der Waals surface area contributed by atoms with Gasteiger partial charge in [0.15, 0.2) is 5.78 Å². The summed E-state index contributed by atoms with van der Waals surface area (Å²) in [5.41, 5.74) is 7.22. The number of nitriles is 1. The quantitative estimate of drug-likeness (QED) is 0.343. The van der Waals surface area contributed by atoms with E-state index in [4.69, 9.17) is 16.9 Å². The van der Waals surface area contributed by atoms with Crippen molar-refractivity contribution in [3.05, 3.63) is 93.9 Å². The van der Waals surface area contributed by atoms with E-state index < -0.39 is 0 Å². The number of carbonyl (C=O) groups excluding carboxylic acids is 1. The van der Waals surface area contributed by atoms with Gasteiger partial charge in [-0.3, -0.25) is 9.20 Å². The molecule has 0 radical (unpaired) electrons. The lowest BCUT2D eigenvalue weighted by Gasteiger charge is -2.08. The van der Waals surface area contributed by atoms with Crippen LogP contribution in [-0.2, 0) is 12.8 Å². The van der Waals surface area contributed by atoms with Crippen LogP contribution in [0.2, 0.25) is 5.02 Å². The Hall–Kier alpha value is -3.42. The maximum absolute atomic E-state index is 13.0. The Kier molecular flexibility index (Phi) is 5.88. The molecule has 0 aliphatic carbocycles. The summed E-state index contributed by atoms with van der Waals surface area (Å²) in [6.07, 6.45) is 3.58. The van der Waals surface area contributed by atoms with Gasteiger partial charge in [-0.25, -0.2) is 4.98 Å². The minimum absolute atomic E-state index is 0.0821. The van der Waals surface area contributed by atoms with Crippen LogP contribution in [0.1, 0.15) is 46.2 Å². The van der Waals surface area contributed by atoms with Gasteiger partial charge in [0.2, 0.25) is 0 Å². The first kappa shape index (κ1) is 20.8. The van der Waals surface area contributed by atoms with Gasteiger partial charge in [0.1, 0.15) is 11.3 Å². The maximum atomic E-state index is 13.0. The molecule has 0 spiro atoms. The molecule has 0 atom stereocenters. The van der Waals surface area contributed by atoms with E-state index >= 15 is 0 Å². The van der Waals surface area contributed by atoms with Crippen molar-refractivity contribution in [2.45, 2.75) is 33.1 Å². The number of ketones is 1. The number of imidazole rings is 1. The zero-order valence-corrected chi connectivity index (χ0v) is 18.3. The number of pyridine rings is 1. The molecule has 2 heterocycles. The first-order valence-corrected chi connectivity index (χ1v) is 10.7. The third-order valence-electron chi connectivity index (χ3n) is 5.52. The van der Waals surface area contributed by atoms with Crippen molar-refractivity contribution >= 4 is 23.0 Å². The highest BCUT2D eigenvalue weighted by Crippen LogP contribution is 2.25. The number of aryl methyl sites for hydroxylation is 3. The molecule has 0 N–H and O–H groups in total. The largest absolute Gasteiger partial charge is 0.297 e. The third-order valence-corrected chi connectivity index (χ3v) is 5.76. The lowest BCUT2D eigenvalue weighted by atomic mass is 9.96. The van der Waals surface area contributed by atoms with Crippen molar-refractivity contribution in [1.29, 1.82) is 5.26 Å². The Morgan fingerprint density at radius 1 is 1.13 bits per heavy atom. The molecule has 0 amide bonds. The van der Waals surface area contributed by atoms with Gasteiger partial charge >= 0.3 is 0 Å². The Morgan fingerprint density at radius 2 is 1.90 bits per heavy atom. The molecule has 4 aromatic rings. The van der Waals surface area contributed by atoms with E-state index in [1.54, 1.807) is 12.1 Å². The molecule has 2 aromatic heterocycles. The van der Waals surface area contributed by atoms with Crippen LogP contribution in [0.25, 0.3) is 16.8 Å². The predicted octanol–water partition coefficient (Wildman–Crippen LogP) is 6.21. The van der Waals surface area contributed by atoms with Crippen molar-refractivity contribution in [2.75, 3.05) is 0 Å². The molecule has 0 unspecified atom stereocenters. The topological polar surface area (TPSA) is 58.2 Å². The molecule has 5 heteroatoms. The normalized spacial score (nSPS) is 10.9. The second kappa shape index (κ2) is 8.75. The average molecular weight is 428 g/mol. The molecule has 0 saturated heterocycles. The number of hydrogen-bond donors (Lipinski definition) is 0. The number of rotatable bonds is 6. The highest BCUT2D eigenvalue weighted by molar-refractivity contribution is 6.30. The maximum Gasteiger partial charge on any atom is 0.181 e. The van der Waals surface area contributed by atoms with Gasteiger partial charge in [-0.05, 0) is 60.2 Å². The molecule has 0 aliphatic heterocycles. The van der Waals surface area contributed by atoms with Crippen LogP contribution in [0.15, 0.2) is 60.8 Å². The van der Waals surface area contributed by atoms with Crippen LogP contribution in [0.5, 0.6) is 0 Å². The Bertz CT molecular complexity index is 1310. The molecule has 0 aliphatic rings. The van der Waals surface area contributed by atoms with Crippen molar-refractivity contribution in [3.63, 3.8) is 0 Å². The standard InChI is InChI=1S/C26H22ClN3O/c1-3-23-26(30-13-12-21(27)15-25(30)29-23)24(31)11-7-18-4-8-20(9-5-18)22-10-6-19(16-28)14-17(22)2/h4-6,8-10,12-15H,3,7,11H2,1-2H3. The molecular weight excluding hydrogens is 406 g/mol. The van der Waals surface area contributed by atoms with Gasteiger partial charge < -0.3 is 0 Å². The Morgan fingerprint density at radius 3 is 2.58 bits per heavy atom. The van der Waals surface area contributed by atoms with Crippen LogP contribution >= 0.6 is 11.6 Å². The molecule has 2 aromatic carbocycles. The zero-order chi connectivity index (χ0) is 22.0. The van der Waals surface area contributed by atoms with Gasteiger partial charge in [0.25, 0.3) is 0 Å². The molecule has 0 fully saturated rings. The Labute approximate surface area is 186 Å². The number of nitrogens with zero attached hydrogens (tertiary/aromatic N) is 3. The number of hydrogen-bond acceptors (Lipinski definition) is 3. The van der Waals surface area contributed by atoms with E-state index in [-0.39, 0.29) is 5.78 Å². The summed E-state index contributed by atoms with van der Waals surface area (Å²) in [7, 11) is 0. The van der Waals surface area contributed by atoms with Crippen LogP contribution in [0, 0.1) is 18.3 Å². The fourth-order valence-corrected chi connectivity index (χ4v) is 4.05. The zero-order valence-electron chi connectivity index (χ0n) is 17.5. The molecular formula is C26H22ClN3O. The number of Topliss-reactive ketones (excluding diaryl/α,β-unsaturated/α-hetero) is 1. The van der Waals surface area contributed by atoms with Crippen LogP contribution < -0.4 is 0 Å². The minimum Gasteiger partial charge on any atom is -0.297 e. The molecule has 0 bridgehead atoms. The summed E-state index contributed by atoms with van der Waals surface area (Å²) in [6, 6.07) is 19.7. The van der Waals surface area contributed by atoms with Crippen LogP contribution in [-0.4, -0.2) is 15.2 Å². The third kappa shape index (κ3) is 4.23. The van der Waals surface area contributed by atoms with Crippen LogP contribution in [0.4, 0.5) is 0 Å². The highest BCUT2D eigenvalue weighted by Gasteiger charge is 2.18. The second-order valence-electron chi connectivity index (χ2n) is 7.60. The smallest absolute Gasteiger partial charge is 0.181 e. The monoisotopic (exact) mass is 427 g/mol. The SMILES string of the molecule is CCc1nc2cc(Cl)ccn2c1C(=O)CCc1ccc(-c2ccc(C#N)cc2C)cc1. The second-order valence-corrected chi connectivity index (χ2v) is 8.03. The van der Waals surface area contributed by atoms with E-state index in [9.17, 15) is 4.79 Å². The van der Waals surface area contributed by atoms with Gasteiger partial charge in [0, 0.05) is 23.7 Å². The summed E-state index contributed by atoms with van der Waals surface area (Å²) in [6.45, 7) is 4.02. The van der Waals surface area contributed by atoms with E-state index in [0.717, 1.165) is 27.9 Å². The first-order valence-electron chi connectivity index (χ1n) is 10.3.